The number of allylic oxidation sites excluding steroid dienone is 8. The zero-order chi connectivity index (χ0) is 8.39. The molecule has 2 rings (SSSR count). The van der Waals surface area contributed by atoms with Crippen molar-refractivity contribution in [1.29, 1.82) is 0 Å². The third kappa shape index (κ3) is 1.07. The second kappa shape index (κ2) is 2.74. The number of aliphatic hydroxyl groups excluding tert-OH is 1. The maximum atomic E-state index is 9.43. The largest absolute Gasteiger partial charge is 0.494 e. The Morgan fingerprint density at radius 1 is 1.08 bits per heavy atom. The molecule has 2 N–H and O–H groups in total. The number of rotatable bonds is 0. The van der Waals surface area contributed by atoms with Gasteiger partial charge in [-0.1, -0.05) is 24.3 Å². The monoisotopic (exact) mass is 159 g/mol. The highest BCUT2D eigenvalue weighted by atomic mass is 16.3. The molecule has 1 aliphatic carbocycles. The van der Waals surface area contributed by atoms with E-state index in [1.54, 1.807) is 6.20 Å². The van der Waals surface area contributed by atoms with Crippen LogP contribution in [0.3, 0.4) is 0 Å². The Labute approximate surface area is 70.9 Å². The lowest BCUT2D eigenvalue weighted by atomic mass is 10.0. The Morgan fingerprint density at radius 3 is 2.92 bits per heavy atom. The van der Waals surface area contributed by atoms with Gasteiger partial charge in [-0.25, -0.2) is 0 Å². The molecule has 2 nitrogen and oxygen atoms in total. The Bertz CT molecular complexity index is 343. The SMILES string of the molecule is OC1=C2C=CC=CC=C2C=CN1. The summed E-state index contributed by atoms with van der Waals surface area (Å²) in [6.45, 7) is 0. The minimum atomic E-state index is 0.212. The van der Waals surface area contributed by atoms with Crippen LogP contribution >= 0.6 is 0 Å². The molecule has 12 heavy (non-hydrogen) atoms. The highest BCUT2D eigenvalue weighted by Gasteiger charge is 2.09. The van der Waals surface area contributed by atoms with E-state index in [2.05, 4.69) is 5.32 Å². The van der Waals surface area contributed by atoms with E-state index in [9.17, 15) is 5.11 Å². The molecule has 0 fully saturated rings. The number of fused-ring (bicyclic) bond motifs is 1. The summed E-state index contributed by atoms with van der Waals surface area (Å²) in [5.41, 5.74) is 1.86. The van der Waals surface area contributed by atoms with E-state index in [-0.39, 0.29) is 5.88 Å². The van der Waals surface area contributed by atoms with Gasteiger partial charge in [-0.3, -0.25) is 0 Å². The fraction of sp³-hybridized carbons (Fsp3) is 0. The lowest BCUT2D eigenvalue weighted by Crippen LogP contribution is -2.11. The van der Waals surface area contributed by atoms with E-state index in [0.29, 0.717) is 0 Å². The van der Waals surface area contributed by atoms with Gasteiger partial charge < -0.3 is 10.4 Å². The molecule has 0 bridgehead atoms. The average Bonchev–Trinajstić information content (AvgIpc) is 2.30. The van der Waals surface area contributed by atoms with Crippen molar-refractivity contribution in [2.75, 3.05) is 0 Å². The third-order valence-electron chi connectivity index (χ3n) is 1.81. The molecule has 0 saturated heterocycles. The maximum absolute atomic E-state index is 9.43. The van der Waals surface area contributed by atoms with Crippen molar-refractivity contribution in [2.45, 2.75) is 0 Å². The van der Waals surface area contributed by atoms with Gasteiger partial charge in [0, 0.05) is 11.8 Å². The zero-order valence-corrected chi connectivity index (χ0v) is 6.49. The van der Waals surface area contributed by atoms with Crippen LogP contribution in [0.1, 0.15) is 0 Å². The van der Waals surface area contributed by atoms with E-state index in [1.165, 1.54) is 0 Å². The number of dihydropyridines is 1. The van der Waals surface area contributed by atoms with Gasteiger partial charge in [-0.2, -0.15) is 0 Å². The Balaban J connectivity index is 2.51. The van der Waals surface area contributed by atoms with Crippen LogP contribution in [0.4, 0.5) is 0 Å². The summed E-state index contributed by atoms with van der Waals surface area (Å²) in [5, 5.41) is 12.2. The van der Waals surface area contributed by atoms with Gasteiger partial charge in [0.15, 0.2) is 5.88 Å². The fourth-order valence-corrected chi connectivity index (χ4v) is 1.21. The molecule has 1 aliphatic heterocycles. The Hall–Kier alpha value is -1.70. The van der Waals surface area contributed by atoms with Crippen LogP contribution < -0.4 is 5.32 Å². The molecule has 0 amide bonds. The minimum absolute atomic E-state index is 0.212. The van der Waals surface area contributed by atoms with Crippen LogP contribution in [-0.2, 0) is 0 Å². The van der Waals surface area contributed by atoms with Crippen molar-refractivity contribution < 1.29 is 5.11 Å². The minimum Gasteiger partial charge on any atom is -0.494 e. The molecule has 0 aromatic heterocycles. The van der Waals surface area contributed by atoms with Crippen LogP contribution in [0.2, 0.25) is 0 Å². The first-order chi connectivity index (χ1) is 5.88. The normalized spacial score (nSPS) is 19.8. The van der Waals surface area contributed by atoms with Crippen LogP contribution in [0.25, 0.3) is 0 Å². The van der Waals surface area contributed by atoms with Crippen LogP contribution in [0.15, 0.2) is 59.7 Å². The summed E-state index contributed by atoms with van der Waals surface area (Å²) in [7, 11) is 0. The van der Waals surface area contributed by atoms with E-state index < -0.39 is 0 Å². The summed E-state index contributed by atoms with van der Waals surface area (Å²) >= 11 is 0. The molecule has 0 saturated carbocycles. The van der Waals surface area contributed by atoms with Crippen molar-refractivity contribution in [3.63, 3.8) is 0 Å². The topological polar surface area (TPSA) is 32.3 Å². The molecule has 0 spiro atoms. The number of aliphatic hydroxyl groups is 1. The fourth-order valence-electron chi connectivity index (χ4n) is 1.21. The average molecular weight is 159 g/mol. The molecule has 0 unspecified atom stereocenters. The van der Waals surface area contributed by atoms with Gasteiger partial charge >= 0.3 is 0 Å². The quantitative estimate of drug-likeness (QED) is 0.566. The highest BCUT2D eigenvalue weighted by Crippen LogP contribution is 2.20. The summed E-state index contributed by atoms with van der Waals surface area (Å²) in [6.07, 6.45) is 13.3. The summed E-state index contributed by atoms with van der Waals surface area (Å²) in [4.78, 5) is 0. The molecule has 0 aromatic rings. The van der Waals surface area contributed by atoms with E-state index >= 15 is 0 Å². The third-order valence-corrected chi connectivity index (χ3v) is 1.81. The predicted octanol–water partition coefficient (Wildman–Crippen LogP) is 1.93. The van der Waals surface area contributed by atoms with Crippen molar-refractivity contribution in [1.82, 2.24) is 5.32 Å². The maximum Gasteiger partial charge on any atom is 0.196 e. The van der Waals surface area contributed by atoms with Gasteiger partial charge in [0.25, 0.3) is 0 Å². The van der Waals surface area contributed by atoms with E-state index in [0.717, 1.165) is 11.1 Å². The molecule has 0 aromatic carbocycles. The summed E-state index contributed by atoms with van der Waals surface area (Å²) in [6, 6.07) is 0. The highest BCUT2D eigenvalue weighted by molar-refractivity contribution is 5.53. The van der Waals surface area contributed by atoms with Gasteiger partial charge in [-0.15, -0.1) is 0 Å². The van der Waals surface area contributed by atoms with Gasteiger partial charge in [0.2, 0.25) is 0 Å². The molecule has 0 atom stereocenters. The van der Waals surface area contributed by atoms with E-state index in [4.69, 9.17) is 0 Å². The zero-order valence-electron chi connectivity index (χ0n) is 6.49. The smallest absolute Gasteiger partial charge is 0.196 e. The standard InChI is InChI=1S/C10H9NO/c12-10-9-5-3-1-2-4-8(9)6-7-11-10/h1-7,11-12H. The molecular weight excluding hydrogens is 150 g/mol. The van der Waals surface area contributed by atoms with Crippen molar-refractivity contribution in [2.24, 2.45) is 0 Å². The van der Waals surface area contributed by atoms with E-state index in [1.807, 2.05) is 36.5 Å². The number of hydrogen-bond acceptors (Lipinski definition) is 2. The van der Waals surface area contributed by atoms with Crippen molar-refractivity contribution in [3.8, 4) is 0 Å². The molecule has 2 heteroatoms. The van der Waals surface area contributed by atoms with Crippen LogP contribution in [0.5, 0.6) is 0 Å². The predicted molar refractivity (Wildman–Crippen MR) is 48.3 cm³/mol. The first-order valence-electron chi connectivity index (χ1n) is 3.79. The summed E-state index contributed by atoms with van der Waals surface area (Å²) < 4.78 is 0. The molecule has 60 valence electrons. The van der Waals surface area contributed by atoms with Gasteiger partial charge in [0.05, 0.1) is 0 Å². The number of hydrogen-bond donors (Lipinski definition) is 2. The lowest BCUT2D eigenvalue weighted by molar-refractivity contribution is 0.377. The second-order valence-corrected chi connectivity index (χ2v) is 2.61. The Morgan fingerprint density at radius 2 is 2.00 bits per heavy atom. The summed E-state index contributed by atoms with van der Waals surface area (Å²) in [5.74, 6) is 0.212. The van der Waals surface area contributed by atoms with Gasteiger partial charge in [-0.05, 0) is 17.7 Å². The Kier molecular flexibility index (Phi) is 1.59. The van der Waals surface area contributed by atoms with Crippen LogP contribution in [-0.4, -0.2) is 5.11 Å². The lowest BCUT2D eigenvalue weighted by Gasteiger charge is -2.11. The molecule has 1 heterocycles. The number of nitrogens with one attached hydrogen (secondary N) is 1. The van der Waals surface area contributed by atoms with Crippen molar-refractivity contribution in [3.05, 3.63) is 59.7 Å². The molecular formula is C10H9NO. The molecule has 0 radical (unpaired) electrons. The first kappa shape index (κ1) is 6.98. The van der Waals surface area contributed by atoms with Crippen molar-refractivity contribution >= 4 is 0 Å². The van der Waals surface area contributed by atoms with Crippen LogP contribution in [0, 0.1) is 0 Å². The molecule has 2 aliphatic rings. The van der Waals surface area contributed by atoms with Gasteiger partial charge in [0.1, 0.15) is 0 Å². The second-order valence-electron chi connectivity index (χ2n) is 2.61. The first-order valence-corrected chi connectivity index (χ1v) is 3.79.